The zero-order chi connectivity index (χ0) is 8.27. The number of hydrogen-bond acceptors (Lipinski definition) is 3. The number of carboxylic acids is 1. The minimum absolute atomic E-state index is 0.0231. The Kier molecular flexibility index (Phi) is 2.06. The molecule has 0 saturated heterocycles. The summed E-state index contributed by atoms with van der Waals surface area (Å²) in [6.45, 7) is 0. The first-order valence-corrected chi connectivity index (χ1v) is 2.89. The van der Waals surface area contributed by atoms with Crippen molar-refractivity contribution >= 4 is 5.97 Å². The Bertz CT molecular complexity index is 272. The second kappa shape index (κ2) is 3.01. The van der Waals surface area contributed by atoms with E-state index in [0.29, 0.717) is 0 Å². The fourth-order valence-corrected chi connectivity index (χ4v) is 0.664. The molecule has 1 N–H and O–H groups in total. The van der Waals surface area contributed by atoms with Gasteiger partial charge in [-0.25, -0.2) is 9.78 Å². The Morgan fingerprint density at radius 2 is 2.55 bits per heavy atom. The molecule has 1 aromatic heterocycles. The van der Waals surface area contributed by atoms with Crippen LogP contribution in [0.2, 0.25) is 0 Å². The summed E-state index contributed by atoms with van der Waals surface area (Å²) in [4.78, 5) is 14.1. The van der Waals surface area contributed by atoms with Crippen molar-refractivity contribution in [2.24, 2.45) is 0 Å². The Labute approximate surface area is 63.5 Å². The lowest BCUT2D eigenvalue weighted by Gasteiger charge is -2.00. The summed E-state index contributed by atoms with van der Waals surface area (Å²) in [5.74, 6) is -0.956. The maximum atomic E-state index is 10.4. The molecule has 1 aromatic rings. The van der Waals surface area contributed by atoms with Crippen molar-refractivity contribution in [2.75, 3.05) is 7.11 Å². The van der Waals surface area contributed by atoms with Crippen LogP contribution < -0.4 is 4.74 Å². The SMILES string of the molecule is COc1nc[c]cc1C(=O)O. The largest absolute Gasteiger partial charge is 0.480 e. The van der Waals surface area contributed by atoms with Crippen molar-refractivity contribution in [2.45, 2.75) is 0 Å². The summed E-state index contributed by atoms with van der Waals surface area (Å²) < 4.78 is 4.69. The number of rotatable bonds is 2. The van der Waals surface area contributed by atoms with E-state index in [1.54, 1.807) is 0 Å². The summed E-state index contributed by atoms with van der Waals surface area (Å²) in [5.41, 5.74) is 0.0231. The van der Waals surface area contributed by atoms with E-state index in [0.717, 1.165) is 0 Å². The predicted molar refractivity (Wildman–Crippen MR) is 36.6 cm³/mol. The maximum absolute atomic E-state index is 10.4. The first kappa shape index (κ1) is 7.53. The van der Waals surface area contributed by atoms with Crippen LogP contribution in [0.3, 0.4) is 0 Å². The van der Waals surface area contributed by atoms with Crippen molar-refractivity contribution < 1.29 is 14.6 Å². The molecule has 11 heavy (non-hydrogen) atoms. The molecule has 0 spiro atoms. The molecular formula is C7H6NO3. The molecule has 57 valence electrons. The Balaban J connectivity index is 3.12. The monoisotopic (exact) mass is 152 g/mol. The van der Waals surface area contributed by atoms with E-state index < -0.39 is 5.97 Å². The summed E-state index contributed by atoms with van der Waals surface area (Å²) in [5, 5.41) is 8.56. The minimum atomic E-state index is -1.06. The molecule has 0 aromatic carbocycles. The second-order valence-electron chi connectivity index (χ2n) is 1.80. The molecule has 0 unspecified atom stereocenters. The lowest BCUT2D eigenvalue weighted by molar-refractivity contribution is 0.0692. The molecule has 0 aliphatic heterocycles. The molecule has 0 aliphatic rings. The topological polar surface area (TPSA) is 59.4 Å². The number of methoxy groups -OCH3 is 1. The van der Waals surface area contributed by atoms with Gasteiger partial charge in [-0.15, -0.1) is 0 Å². The fourth-order valence-electron chi connectivity index (χ4n) is 0.664. The number of ether oxygens (including phenoxy) is 1. The first-order chi connectivity index (χ1) is 5.25. The van der Waals surface area contributed by atoms with Gasteiger partial charge in [0.05, 0.1) is 7.11 Å². The number of aromatic carboxylic acids is 1. The van der Waals surface area contributed by atoms with Crippen LogP contribution in [0.4, 0.5) is 0 Å². The lowest BCUT2D eigenvalue weighted by atomic mass is 10.3. The van der Waals surface area contributed by atoms with E-state index in [1.165, 1.54) is 19.4 Å². The third kappa shape index (κ3) is 1.46. The number of carbonyl (C=O) groups is 1. The number of hydrogen-bond donors (Lipinski definition) is 1. The average molecular weight is 152 g/mol. The smallest absolute Gasteiger partial charge is 0.341 e. The molecule has 1 rings (SSSR count). The molecule has 1 radical (unpaired) electrons. The fraction of sp³-hybridized carbons (Fsp3) is 0.143. The van der Waals surface area contributed by atoms with Gasteiger partial charge in [-0.05, 0) is 6.07 Å². The van der Waals surface area contributed by atoms with Crippen LogP contribution in [0.5, 0.6) is 5.88 Å². The highest BCUT2D eigenvalue weighted by atomic mass is 16.5. The zero-order valence-electron chi connectivity index (χ0n) is 5.87. The van der Waals surface area contributed by atoms with Crippen molar-refractivity contribution in [1.29, 1.82) is 0 Å². The first-order valence-electron chi connectivity index (χ1n) is 2.89. The molecule has 0 saturated carbocycles. The third-order valence-electron chi connectivity index (χ3n) is 1.14. The van der Waals surface area contributed by atoms with E-state index in [1.807, 2.05) is 0 Å². The summed E-state index contributed by atoms with van der Waals surface area (Å²) in [6.07, 6.45) is 1.35. The second-order valence-corrected chi connectivity index (χ2v) is 1.80. The van der Waals surface area contributed by atoms with Crippen LogP contribution in [0, 0.1) is 6.07 Å². The highest BCUT2D eigenvalue weighted by Crippen LogP contribution is 2.11. The molecule has 0 amide bonds. The van der Waals surface area contributed by atoms with E-state index >= 15 is 0 Å². The van der Waals surface area contributed by atoms with Gasteiger partial charge in [-0.2, -0.15) is 0 Å². The molecule has 0 atom stereocenters. The summed E-state index contributed by atoms with van der Waals surface area (Å²) in [6, 6.07) is 3.86. The third-order valence-corrected chi connectivity index (χ3v) is 1.14. The summed E-state index contributed by atoms with van der Waals surface area (Å²) in [7, 11) is 1.37. The highest BCUT2D eigenvalue weighted by molar-refractivity contribution is 5.89. The Morgan fingerprint density at radius 3 is 3.00 bits per heavy atom. The number of nitrogens with zero attached hydrogens (tertiary/aromatic N) is 1. The molecule has 0 fully saturated rings. The van der Waals surface area contributed by atoms with Crippen molar-refractivity contribution in [3.8, 4) is 5.88 Å². The van der Waals surface area contributed by atoms with Crippen LogP contribution in [0.1, 0.15) is 10.4 Å². The number of pyridine rings is 1. The predicted octanol–water partition coefficient (Wildman–Crippen LogP) is 0.589. The van der Waals surface area contributed by atoms with Gasteiger partial charge in [0.2, 0.25) is 5.88 Å². The van der Waals surface area contributed by atoms with Gasteiger partial charge in [0.15, 0.2) is 0 Å². The molecule has 1 heterocycles. The normalized spacial score (nSPS) is 9.18. The van der Waals surface area contributed by atoms with Gasteiger partial charge in [0, 0.05) is 12.3 Å². The maximum Gasteiger partial charge on any atom is 0.341 e. The average Bonchev–Trinajstić information content (AvgIpc) is 2.04. The van der Waals surface area contributed by atoms with E-state index in [-0.39, 0.29) is 11.4 Å². The minimum Gasteiger partial charge on any atom is -0.480 e. The van der Waals surface area contributed by atoms with Gasteiger partial charge in [-0.3, -0.25) is 0 Å². The number of aromatic nitrogens is 1. The highest BCUT2D eigenvalue weighted by Gasteiger charge is 2.09. The van der Waals surface area contributed by atoms with Crippen LogP contribution >= 0.6 is 0 Å². The van der Waals surface area contributed by atoms with Crippen LogP contribution in [-0.4, -0.2) is 23.2 Å². The van der Waals surface area contributed by atoms with Gasteiger partial charge in [0.25, 0.3) is 0 Å². The Hall–Kier alpha value is -1.58. The Morgan fingerprint density at radius 1 is 1.82 bits per heavy atom. The molecule has 4 nitrogen and oxygen atoms in total. The molecule has 0 aliphatic carbocycles. The van der Waals surface area contributed by atoms with Crippen molar-refractivity contribution in [1.82, 2.24) is 4.98 Å². The van der Waals surface area contributed by atoms with E-state index in [4.69, 9.17) is 9.84 Å². The van der Waals surface area contributed by atoms with Gasteiger partial charge < -0.3 is 9.84 Å². The lowest BCUT2D eigenvalue weighted by Crippen LogP contribution is -2.01. The van der Waals surface area contributed by atoms with Gasteiger partial charge in [0.1, 0.15) is 5.56 Å². The standard InChI is InChI=1S/C7H6NO3/c1-11-6-5(7(9)10)3-2-4-8-6/h3-4H,1H3,(H,9,10). The van der Waals surface area contributed by atoms with Gasteiger partial charge in [-0.1, -0.05) is 0 Å². The van der Waals surface area contributed by atoms with E-state index in [9.17, 15) is 4.79 Å². The van der Waals surface area contributed by atoms with Gasteiger partial charge >= 0.3 is 5.97 Å². The van der Waals surface area contributed by atoms with Crippen LogP contribution in [-0.2, 0) is 0 Å². The van der Waals surface area contributed by atoms with Crippen molar-refractivity contribution in [3.63, 3.8) is 0 Å². The molecule has 0 bridgehead atoms. The van der Waals surface area contributed by atoms with Crippen molar-refractivity contribution in [3.05, 3.63) is 23.9 Å². The van der Waals surface area contributed by atoms with E-state index in [2.05, 4.69) is 11.1 Å². The molecular weight excluding hydrogens is 146 g/mol. The molecule has 4 heteroatoms. The van der Waals surface area contributed by atoms with Crippen LogP contribution in [0.25, 0.3) is 0 Å². The van der Waals surface area contributed by atoms with Crippen LogP contribution in [0.15, 0.2) is 12.3 Å². The zero-order valence-corrected chi connectivity index (χ0v) is 5.87. The number of carboxylic acid groups (broad SMARTS) is 1. The summed E-state index contributed by atoms with van der Waals surface area (Å²) >= 11 is 0. The quantitative estimate of drug-likeness (QED) is 0.673.